The Morgan fingerprint density at radius 3 is 2.79 bits per heavy atom. The van der Waals surface area contributed by atoms with Crippen molar-refractivity contribution in [1.82, 2.24) is 16.0 Å². The summed E-state index contributed by atoms with van der Waals surface area (Å²) in [5.74, 6) is -0.218. The lowest BCUT2D eigenvalue weighted by Crippen LogP contribution is -2.42. The van der Waals surface area contributed by atoms with Crippen molar-refractivity contribution in [2.24, 2.45) is 5.73 Å². The van der Waals surface area contributed by atoms with E-state index in [9.17, 15) is 9.59 Å². The molecule has 0 aliphatic carbocycles. The lowest BCUT2D eigenvalue weighted by molar-refractivity contribution is -0.122. The second-order valence-electron chi connectivity index (χ2n) is 4.46. The first kappa shape index (κ1) is 13.4. The molecule has 2 rings (SSSR count). The van der Waals surface area contributed by atoms with Gasteiger partial charge in [0.25, 0.3) is 0 Å². The average Bonchev–Trinajstić information content (AvgIpc) is 2.42. The molecule has 3 amide bonds. The Hall–Kier alpha value is -2.08. The maximum absolute atomic E-state index is 12.1. The van der Waals surface area contributed by atoms with E-state index in [2.05, 4.69) is 16.0 Å². The van der Waals surface area contributed by atoms with Gasteiger partial charge in [-0.3, -0.25) is 4.79 Å². The predicted molar refractivity (Wildman–Crippen MR) is 71.5 cm³/mol. The fourth-order valence-corrected chi connectivity index (χ4v) is 2.22. The van der Waals surface area contributed by atoms with Crippen LogP contribution in [-0.2, 0) is 11.3 Å². The molecule has 0 saturated heterocycles. The van der Waals surface area contributed by atoms with Gasteiger partial charge in [-0.2, -0.15) is 0 Å². The van der Waals surface area contributed by atoms with Gasteiger partial charge in [0.1, 0.15) is 0 Å². The zero-order valence-corrected chi connectivity index (χ0v) is 10.6. The van der Waals surface area contributed by atoms with Crippen molar-refractivity contribution in [1.29, 1.82) is 0 Å². The van der Waals surface area contributed by atoms with Crippen molar-refractivity contribution in [3.05, 3.63) is 35.4 Å². The molecule has 1 heterocycles. The minimum absolute atomic E-state index is 0.0362. The maximum atomic E-state index is 12.1. The highest BCUT2D eigenvalue weighted by Gasteiger charge is 2.25. The van der Waals surface area contributed by atoms with Crippen LogP contribution in [0.15, 0.2) is 24.3 Å². The van der Waals surface area contributed by atoms with Crippen molar-refractivity contribution in [2.75, 3.05) is 19.6 Å². The van der Waals surface area contributed by atoms with E-state index in [4.69, 9.17) is 5.73 Å². The van der Waals surface area contributed by atoms with Gasteiger partial charge >= 0.3 is 6.03 Å². The van der Waals surface area contributed by atoms with E-state index >= 15 is 0 Å². The molecule has 1 aliphatic rings. The van der Waals surface area contributed by atoms with Gasteiger partial charge in [-0.1, -0.05) is 24.3 Å². The fourth-order valence-electron chi connectivity index (χ4n) is 2.22. The van der Waals surface area contributed by atoms with Gasteiger partial charge in [-0.15, -0.1) is 0 Å². The second kappa shape index (κ2) is 6.19. The maximum Gasteiger partial charge on any atom is 0.312 e. The number of nitrogens with one attached hydrogen (secondary N) is 3. The van der Waals surface area contributed by atoms with E-state index in [0.717, 1.165) is 17.7 Å². The van der Waals surface area contributed by atoms with Gasteiger partial charge < -0.3 is 21.7 Å². The molecule has 6 heteroatoms. The highest BCUT2D eigenvalue weighted by atomic mass is 16.2. The third kappa shape index (κ3) is 3.45. The van der Waals surface area contributed by atoms with Crippen LogP contribution in [0, 0.1) is 0 Å². The first-order chi connectivity index (χ1) is 9.18. The number of fused-ring (bicyclic) bond motifs is 1. The van der Waals surface area contributed by atoms with Gasteiger partial charge in [-0.05, 0) is 11.1 Å². The summed E-state index contributed by atoms with van der Waals surface area (Å²) in [5, 5.41) is 8.46. The zero-order chi connectivity index (χ0) is 13.7. The van der Waals surface area contributed by atoms with Crippen molar-refractivity contribution < 1.29 is 9.59 Å². The van der Waals surface area contributed by atoms with E-state index < -0.39 is 6.03 Å². The second-order valence-corrected chi connectivity index (χ2v) is 4.46. The summed E-state index contributed by atoms with van der Waals surface area (Å²) in [6, 6.07) is 7.34. The van der Waals surface area contributed by atoms with Gasteiger partial charge in [0, 0.05) is 26.2 Å². The van der Waals surface area contributed by atoms with Gasteiger partial charge in [0.15, 0.2) is 0 Å². The van der Waals surface area contributed by atoms with Crippen LogP contribution in [0.2, 0.25) is 0 Å². The lowest BCUT2D eigenvalue weighted by atomic mass is 9.90. The van der Waals surface area contributed by atoms with E-state index in [0.29, 0.717) is 19.6 Å². The number of hydrogen-bond acceptors (Lipinski definition) is 3. The Morgan fingerprint density at radius 2 is 2.00 bits per heavy atom. The van der Waals surface area contributed by atoms with Gasteiger partial charge in [0.05, 0.1) is 5.92 Å². The number of primary amides is 1. The number of carbonyl (C=O) groups is 2. The van der Waals surface area contributed by atoms with Gasteiger partial charge in [0.2, 0.25) is 5.91 Å². The number of carbonyl (C=O) groups excluding carboxylic acids is 2. The molecule has 0 saturated carbocycles. The van der Waals surface area contributed by atoms with Crippen molar-refractivity contribution in [3.63, 3.8) is 0 Å². The largest absolute Gasteiger partial charge is 0.354 e. The Balaban J connectivity index is 1.92. The highest BCUT2D eigenvalue weighted by molar-refractivity contribution is 5.84. The summed E-state index contributed by atoms with van der Waals surface area (Å²) in [4.78, 5) is 22.6. The fraction of sp³-hybridized carbons (Fsp3) is 0.385. The molecular formula is C13H18N4O2. The first-order valence-electron chi connectivity index (χ1n) is 6.28. The smallest absolute Gasteiger partial charge is 0.312 e. The summed E-state index contributed by atoms with van der Waals surface area (Å²) in [7, 11) is 0. The number of amides is 3. The van der Waals surface area contributed by atoms with Crippen LogP contribution in [0.3, 0.4) is 0 Å². The van der Waals surface area contributed by atoms with E-state index in [-0.39, 0.29) is 11.8 Å². The van der Waals surface area contributed by atoms with Crippen LogP contribution in [0.5, 0.6) is 0 Å². The van der Waals surface area contributed by atoms with E-state index in [1.807, 2.05) is 24.3 Å². The summed E-state index contributed by atoms with van der Waals surface area (Å²) in [6.07, 6.45) is 0. The SMILES string of the molecule is NC(=O)NCCNC(=O)C1CNCc2ccccc21. The number of urea groups is 1. The number of rotatable bonds is 4. The Bertz CT molecular complexity index is 475. The molecule has 0 radical (unpaired) electrons. The number of hydrogen-bond donors (Lipinski definition) is 4. The van der Waals surface area contributed by atoms with Crippen LogP contribution in [0.4, 0.5) is 4.79 Å². The minimum atomic E-state index is -0.584. The predicted octanol–water partition coefficient (Wildman–Crippen LogP) is -0.342. The zero-order valence-electron chi connectivity index (χ0n) is 10.6. The molecule has 0 fully saturated rings. The summed E-state index contributed by atoms with van der Waals surface area (Å²) in [5.41, 5.74) is 7.17. The molecule has 6 nitrogen and oxygen atoms in total. The molecule has 1 aromatic rings. The highest BCUT2D eigenvalue weighted by Crippen LogP contribution is 2.23. The molecular weight excluding hydrogens is 244 g/mol. The molecule has 1 aromatic carbocycles. The summed E-state index contributed by atoms with van der Waals surface area (Å²) in [6.45, 7) is 2.14. The lowest BCUT2D eigenvalue weighted by Gasteiger charge is -2.25. The van der Waals surface area contributed by atoms with Crippen LogP contribution in [0.25, 0.3) is 0 Å². The Morgan fingerprint density at radius 1 is 1.26 bits per heavy atom. The Labute approximate surface area is 111 Å². The molecule has 1 unspecified atom stereocenters. The molecule has 0 bridgehead atoms. The molecule has 102 valence electrons. The molecule has 1 atom stereocenters. The normalized spacial score (nSPS) is 17.4. The van der Waals surface area contributed by atoms with Crippen molar-refractivity contribution >= 4 is 11.9 Å². The Kier molecular flexibility index (Phi) is 4.35. The molecule has 19 heavy (non-hydrogen) atoms. The van der Waals surface area contributed by atoms with E-state index in [1.54, 1.807) is 0 Å². The minimum Gasteiger partial charge on any atom is -0.354 e. The molecule has 1 aliphatic heterocycles. The van der Waals surface area contributed by atoms with Crippen LogP contribution < -0.4 is 21.7 Å². The number of nitrogens with two attached hydrogens (primary N) is 1. The van der Waals surface area contributed by atoms with Gasteiger partial charge in [-0.25, -0.2) is 4.79 Å². The van der Waals surface area contributed by atoms with E-state index in [1.165, 1.54) is 0 Å². The van der Waals surface area contributed by atoms with Crippen molar-refractivity contribution in [3.8, 4) is 0 Å². The number of benzene rings is 1. The van der Waals surface area contributed by atoms with Crippen molar-refractivity contribution in [2.45, 2.75) is 12.5 Å². The summed E-state index contributed by atoms with van der Waals surface area (Å²) >= 11 is 0. The molecule has 5 N–H and O–H groups in total. The topological polar surface area (TPSA) is 96.2 Å². The standard InChI is InChI=1S/C13H18N4O2/c14-13(19)17-6-5-16-12(18)11-8-15-7-9-3-1-2-4-10(9)11/h1-4,11,15H,5-8H2,(H,16,18)(H3,14,17,19). The third-order valence-corrected chi connectivity index (χ3v) is 3.13. The monoisotopic (exact) mass is 262 g/mol. The van der Waals surface area contributed by atoms with Crippen LogP contribution >= 0.6 is 0 Å². The van der Waals surface area contributed by atoms with Crippen LogP contribution in [0.1, 0.15) is 17.0 Å². The van der Waals surface area contributed by atoms with Crippen LogP contribution in [-0.4, -0.2) is 31.6 Å². The average molecular weight is 262 g/mol. The molecule has 0 spiro atoms. The third-order valence-electron chi connectivity index (χ3n) is 3.13. The first-order valence-corrected chi connectivity index (χ1v) is 6.28. The molecule has 0 aromatic heterocycles. The summed E-state index contributed by atoms with van der Waals surface area (Å²) < 4.78 is 0. The quantitative estimate of drug-likeness (QED) is 0.559.